The van der Waals surface area contributed by atoms with Crippen LogP contribution in [0.5, 0.6) is 0 Å². The third-order valence-electron chi connectivity index (χ3n) is 3.62. The fraction of sp³-hybridized carbons (Fsp3) is 0.417. The maximum atomic E-state index is 11.6. The molecule has 5 N–H and O–H groups in total. The quantitative estimate of drug-likeness (QED) is 0.436. The largest absolute Gasteiger partial charge is 0.394 e. The Labute approximate surface area is 123 Å². The summed E-state index contributed by atoms with van der Waals surface area (Å²) in [5.41, 5.74) is 0.188. The number of hydrogen-bond acceptors (Lipinski definition) is 7. The maximum Gasteiger partial charge on any atom is 0.357 e. The Morgan fingerprint density at radius 1 is 1.23 bits per heavy atom. The van der Waals surface area contributed by atoms with E-state index in [9.17, 15) is 24.6 Å². The van der Waals surface area contributed by atoms with Gasteiger partial charge >= 0.3 is 7.60 Å². The van der Waals surface area contributed by atoms with Gasteiger partial charge in [-0.2, -0.15) is 0 Å². The summed E-state index contributed by atoms with van der Waals surface area (Å²) in [6.45, 7) is -0.522. The molecule has 0 bridgehead atoms. The molecular weight excluding hydrogens is 317 g/mol. The summed E-state index contributed by atoms with van der Waals surface area (Å²) in [7, 11) is -4.60. The number of fused-ring (bicyclic) bond motifs is 1. The molecule has 2 aromatic rings. The van der Waals surface area contributed by atoms with Gasteiger partial charge in [0.2, 0.25) is 0 Å². The van der Waals surface area contributed by atoms with E-state index in [0.717, 1.165) is 0 Å². The highest BCUT2D eigenvalue weighted by molar-refractivity contribution is 7.60. The number of rotatable bonds is 3. The van der Waals surface area contributed by atoms with Gasteiger partial charge in [0.15, 0.2) is 5.76 Å². The molecule has 0 aliphatic carbocycles. The van der Waals surface area contributed by atoms with Crippen molar-refractivity contribution >= 4 is 23.8 Å². The van der Waals surface area contributed by atoms with Crippen molar-refractivity contribution in [2.75, 3.05) is 6.61 Å². The van der Waals surface area contributed by atoms with Crippen LogP contribution >= 0.6 is 7.60 Å². The molecule has 9 nitrogen and oxygen atoms in total. The van der Waals surface area contributed by atoms with Gasteiger partial charge in [0, 0.05) is 0 Å². The Bertz CT molecular complexity index is 740. The molecule has 1 aliphatic heterocycles. The predicted molar refractivity (Wildman–Crippen MR) is 72.4 cm³/mol. The number of aliphatic hydroxyl groups is 3. The Kier molecular flexibility index (Phi) is 3.82. The van der Waals surface area contributed by atoms with Crippen LogP contribution in [-0.4, -0.2) is 55.2 Å². The van der Waals surface area contributed by atoms with Crippen molar-refractivity contribution in [3.63, 3.8) is 0 Å². The van der Waals surface area contributed by atoms with Crippen molar-refractivity contribution in [3.8, 4) is 0 Å². The number of aliphatic hydroxyl groups excluding tert-OH is 3. The van der Waals surface area contributed by atoms with Gasteiger partial charge in [0.25, 0.3) is 0 Å². The predicted octanol–water partition coefficient (Wildman–Crippen LogP) is -1.22. The Morgan fingerprint density at radius 2 is 1.95 bits per heavy atom. The first-order valence-electron chi connectivity index (χ1n) is 6.41. The normalized spacial score (nSPS) is 29.3. The van der Waals surface area contributed by atoms with Crippen LogP contribution in [0.1, 0.15) is 11.9 Å². The lowest BCUT2D eigenvalue weighted by Crippen LogP contribution is -2.32. The average molecular weight is 331 g/mol. The minimum atomic E-state index is -4.60. The molecule has 22 heavy (non-hydrogen) atoms. The summed E-state index contributed by atoms with van der Waals surface area (Å²) < 4.78 is 22.0. The number of aromatic nitrogens is 1. The van der Waals surface area contributed by atoms with Crippen LogP contribution in [0.2, 0.25) is 0 Å². The molecule has 1 aromatic heterocycles. The van der Waals surface area contributed by atoms with Crippen molar-refractivity contribution in [1.82, 2.24) is 5.16 Å². The molecular formula is C12H14NO8P. The van der Waals surface area contributed by atoms with Gasteiger partial charge in [-0.15, -0.1) is 0 Å². The molecule has 0 amide bonds. The van der Waals surface area contributed by atoms with Crippen LogP contribution in [-0.2, 0) is 9.30 Å². The highest BCUT2D eigenvalue weighted by atomic mass is 31.2. The van der Waals surface area contributed by atoms with Crippen molar-refractivity contribution in [2.24, 2.45) is 0 Å². The topological polar surface area (TPSA) is 153 Å². The standard InChI is InChI=1S/C12H14NO8P/c14-4-6-9(15)10(16)12(20-6)11-8-5(13-21-11)2-1-3-7(8)22(17,18)19/h1-3,6,9-10,12,14-16H,4H2,(H2,17,18,19)/t6-,9-,10-,12?/m1/s1. The molecule has 0 saturated carbocycles. The third kappa shape index (κ3) is 2.37. The molecule has 2 heterocycles. The van der Waals surface area contributed by atoms with E-state index in [1.165, 1.54) is 18.2 Å². The van der Waals surface area contributed by atoms with Crippen LogP contribution in [0.4, 0.5) is 0 Å². The third-order valence-corrected chi connectivity index (χ3v) is 4.62. The average Bonchev–Trinajstić information content (AvgIpc) is 3.00. The van der Waals surface area contributed by atoms with Gasteiger partial charge in [0.1, 0.15) is 29.9 Å². The summed E-state index contributed by atoms with van der Waals surface area (Å²) in [6.07, 6.45) is -4.98. The molecule has 4 atom stereocenters. The van der Waals surface area contributed by atoms with Crippen LogP contribution in [0, 0.1) is 0 Å². The van der Waals surface area contributed by atoms with Gasteiger partial charge in [-0.3, -0.25) is 4.57 Å². The number of hydrogen-bond donors (Lipinski definition) is 5. The van der Waals surface area contributed by atoms with Crippen LogP contribution in [0.3, 0.4) is 0 Å². The summed E-state index contributed by atoms with van der Waals surface area (Å²) >= 11 is 0. The first-order chi connectivity index (χ1) is 10.3. The Morgan fingerprint density at radius 3 is 2.55 bits per heavy atom. The number of benzene rings is 1. The highest BCUT2D eigenvalue weighted by Crippen LogP contribution is 2.41. The Hall–Kier alpha value is -1.32. The zero-order valence-corrected chi connectivity index (χ0v) is 12.0. The molecule has 3 rings (SSSR count). The molecule has 1 unspecified atom stereocenters. The van der Waals surface area contributed by atoms with Gasteiger partial charge in [-0.1, -0.05) is 11.2 Å². The lowest BCUT2D eigenvalue weighted by atomic mass is 10.0. The van der Waals surface area contributed by atoms with E-state index in [1.54, 1.807) is 0 Å². The first-order valence-corrected chi connectivity index (χ1v) is 8.02. The summed E-state index contributed by atoms with van der Waals surface area (Å²) in [5.74, 6) is -0.101. The zero-order chi connectivity index (χ0) is 16.1. The monoisotopic (exact) mass is 331 g/mol. The maximum absolute atomic E-state index is 11.6. The van der Waals surface area contributed by atoms with Crippen LogP contribution in [0.25, 0.3) is 10.9 Å². The fourth-order valence-corrected chi connectivity index (χ4v) is 3.35. The van der Waals surface area contributed by atoms with E-state index < -0.39 is 38.6 Å². The van der Waals surface area contributed by atoms with Gasteiger partial charge < -0.3 is 34.4 Å². The number of ether oxygens (including phenoxy) is 1. The molecule has 10 heteroatoms. The molecule has 120 valence electrons. The second-order valence-corrected chi connectivity index (χ2v) is 6.59. The van der Waals surface area contributed by atoms with Crippen molar-refractivity contribution in [1.29, 1.82) is 0 Å². The second kappa shape index (κ2) is 5.39. The van der Waals surface area contributed by atoms with Gasteiger partial charge in [0.05, 0.1) is 17.3 Å². The molecule has 1 fully saturated rings. The van der Waals surface area contributed by atoms with E-state index in [4.69, 9.17) is 14.4 Å². The molecule has 1 aromatic carbocycles. The van der Waals surface area contributed by atoms with Crippen molar-refractivity contribution in [2.45, 2.75) is 24.4 Å². The lowest BCUT2D eigenvalue weighted by molar-refractivity contribution is -0.0300. The van der Waals surface area contributed by atoms with E-state index >= 15 is 0 Å². The van der Waals surface area contributed by atoms with Crippen molar-refractivity contribution < 1.29 is 38.9 Å². The minimum absolute atomic E-state index is 0.0330. The van der Waals surface area contributed by atoms with E-state index in [0.29, 0.717) is 0 Å². The fourth-order valence-electron chi connectivity index (χ4n) is 2.55. The Balaban J connectivity index is 2.15. The molecule has 0 spiro atoms. The van der Waals surface area contributed by atoms with Crippen molar-refractivity contribution in [3.05, 3.63) is 24.0 Å². The van der Waals surface area contributed by atoms with Crippen LogP contribution in [0.15, 0.2) is 22.7 Å². The molecule has 1 saturated heterocycles. The van der Waals surface area contributed by atoms with E-state index in [1.807, 2.05) is 0 Å². The summed E-state index contributed by atoms with van der Waals surface area (Å²) in [6, 6.07) is 4.13. The van der Waals surface area contributed by atoms with Gasteiger partial charge in [-0.05, 0) is 12.1 Å². The summed E-state index contributed by atoms with van der Waals surface area (Å²) in [5, 5.41) is 32.3. The minimum Gasteiger partial charge on any atom is -0.394 e. The molecule has 1 aliphatic rings. The molecule has 0 radical (unpaired) electrons. The van der Waals surface area contributed by atoms with Crippen LogP contribution < -0.4 is 5.30 Å². The van der Waals surface area contributed by atoms with E-state index in [-0.39, 0.29) is 22.0 Å². The SMILES string of the molecule is O=P(O)(O)c1cccc2noc(C3O[C@H](CO)[C@@H](O)[C@H]3O)c12. The summed E-state index contributed by atoms with van der Waals surface area (Å²) in [4.78, 5) is 18.9. The zero-order valence-electron chi connectivity index (χ0n) is 11.1. The highest BCUT2D eigenvalue weighted by Gasteiger charge is 2.46. The van der Waals surface area contributed by atoms with E-state index in [2.05, 4.69) is 5.16 Å². The number of nitrogens with zero attached hydrogens (tertiary/aromatic N) is 1. The first kappa shape index (κ1) is 15.6. The smallest absolute Gasteiger partial charge is 0.357 e. The lowest BCUT2D eigenvalue weighted by Gasteiger charge is -2.13. The second-order valence-electron chi connectivity index (χ2n) is 5.02. The van der Waals surface area contributed by atoms with Gasteiger partial charge in [-0.25, -0.2) is 0 Å².